The summed E-state index contributed by atoms with van der Waals surface area (Å²) in [5.74, 6) is 2.05. The molecule has 4 atom stereocenters. The van der Waals surface area contributed by atoms with E-state index < -0.39 is 10.4 Å². The molecule has 1 saturated heterocycles. The number of rotatable bonds is 2. The van der Waals surface area contributed by atoms with Gasteiger partial charge < -0.3 is 14.8 Å². The van der Waals surface area contributed by atoms with Gasteiger partial charge >= 0.3 is 10.4 Å². The molecule has 0 aromatic heterocycles. The largest absolute Gasteiger partial charge is 0.446 e. The summed E-state index contributed by atoms with van der Waals surface area (Å²) in [5.41, 5.74) is 2.23. The lowest BCUT2D eigenvalue weighted by Gasteiger charge is -2.48. The summed E-state index contributed by atoms with van der Waals surface area (Å²) in [5, 5.41) is 6.44. The number of benzene rings is 1. The summed E-state index contributed by atoms with van der Waals surface area (Å²) < 4.78 is 35.2. The number of Topliss-reactive ketones (excluding diaryl/α,β-unsaturated/α-hetero) is 1. The van der Waals surface area contributed by atoms with Gasteiger partial charge in [-0.25, -0.2) is 0 Å². The second-order valence-corrected chi connectivity index (χ2v) is 10.2. The zero-order chi connectivity index (χ0) is 21.4. The second-order valence-electron chi connectivity index (χ2n) is 9.21. The van der Waals surface area contributed by atoms with Crippen LogP contribution in [-0.4, -0.2) is 44.9 Å². The third-order valence-electron chi connectivity index (χ3n) is 7.57. The Balaban J connectivity index is 0.000000338. The Bertz CT molecular complexity index is 892. The molecule has 1 aromatic carbocycles. The standard InChI is InChI=1S/C18H22O5S.C4H10N2.H2S/c1-18-9-8-14-13-5-3-12(23-24(20,21)22)10-11(13)2-4-15(14)16(18)6-7-17(18)19;1-2-6-4-3-5-1;/h3,5,10,14-16H,2,4,6-9H2,1H3,(H,20,21,22);5-6H,1-4H2;1H2/t14-,15-,16+,18+;;/m1../s1. The Morgan fingerprint density at radius 2 is 1.74 bits per heavy atom. The average molecular weight is 471 g/mol. The number of fused-ring (bicyclic) bond motifs is 5. The Morgan fingerprint density at radius 1 is 1.06 bits per heavy atom. The summed E-state index contributed by atoms with van der Waals surface area (Å²) >= 11 is 0. The molecular formula is C22H34N2O5S2. The normalized spacial score (nSPS) is 31.8. The SMILES string of the molecule is C1CNCCN1.C[C@]12CC[C@@H]3c4ccc(OS(=O)(=O)O)cc4CC[C@H]3[C@@H]1CCC2=O.S. The van der Waals surface area contributed by atoms with Crippen molar-refractivity contribution in [1.29, 1.82) is 0 Å². The summed E-state index contributed by atoms with van der Waals surface area (Å²) in [7, 11) is -4.49. The summed E-state index contributed by atoms with van der Waals surface area (Å²) in [4.78, 5) is 12.3. The van der Waals surface area contributed by atoms with Crippen LogP contribution in [0.3, 0.4) is 0 Å². The molecule has 5 rings (SSSR count). The van der Waals surface area contributed by atoms with Gasteiger partial charge in [0.2, 0.25) is 0 Å². The molecule has 0 bridgehead atoms. The highest BCUT2D eigenvalue weighted by molar-refractivity contribution is 7.81. The predicted molar refractivity (Wildman–Crippen MR) is 124 cm³/mol. The van der Waals surface area contributed by atoms with E-state index in [2.05, 4.69) is 21.7 Å². The molecule has 7 nitrogen and oxygen atoms in total. The molecule has 0 spiro atoms. The molecule has 3 fully saturated rings. The predicted octanol–water partition coefficient (Wildman–Crippen LogP) is 2.59. The molecule has 0 unspecified atom stereocenters. The zero-order valence-electron chi connectivity index (χ0n) is 18.0. The average Bonchev–Trinajstić information content (AvgIpc) is 3.03. The van der Waals surface area contributed by atoms with Crippen LogP contribution in [0.2, 0.25) is 0 Å². The summed E-state index contributed by atoms with van der Waals surface area (Å²) in [6.45, 7) is 6.71. The van der Waals surface area contributed by atoms with Gasteiger partial charge in [-0.2, -0.15) is 21.9 Å². The first-order valence-corrected chi connectivity index (χ1v) is 12.4. The topological polar surface area (TPSA) is 105 Å². The zero-order valence-corrected chi connectivity index (χ0v) is 19.8. The van der Waals surface area contributed by atoms with E-state index in [0.717, 1.165) is 70.3 Å². The van der Waals surface area contributed by atoms with Crippen molar-refractivity contribution in [1.82, 2.24) is 10.6 Å². The lowest BCUT2D eigenvalue weighted by Crippen LogP contribution is -2.42. The van der Waals surface area contributed by atoms with Gasteiger partial charge in [0, 0.05) is 38.0 Å². The van der Waals surface area contributed by atoms with E-state index >= 15 is 0 Å². The maximum atomic E-state index is 12.3. The third kappa shape index (κ3) is 5.27. The van der Waals surface area contributed by atoms with Crippen molar-refractivity contribution in [3.05, 3.63) is 29.3 Å². The monoisotopic (exact) mass is 470 g/mol. The van der Waals surface area contributed by atoms with Crippen LogP contribution in [0.25, 0.3) is 0 Å². The highest BCUT2D eigenvalue weighted by atomic mass is 32.3. The lowest BCUT2D eigenvalue weighted by molar-refractivity contribution is -0.129. The van der Waals surface area contributed by atoms with E-state index in [0.29, 0.717) is 23.5 Å². The molecule has 1 aromatic rings. The summed E-state index contributed by atoms with van der Waals surface area (Å²) in [6, 6.07) is 5.28. The van der Waals surface area contributed by atoms with Crippen LogP contribution in [0.1, 0.15) is 56.1 Å². The Morgan fingerprint density at radius 3 is 2.35 bits per heavy atom. The van der Waals surface area contributed by atoms with Crippen LogP contribution in [0.4, 0.5) is 0 Å². The molecule has 31 heavy (non-hydrogen) atoms. The number of hydrogen-bond donors (Lipinski definition) is 3. The fraction of sp³-hybridized carbons (Fsp3) is 0.682. The first kappa shape index (κ1) is 24.5. The molecule has 1 aliphatic heterocycles. The molecule has 2 saturated carbocycles. The van der Waals surface area contributed by atoms with Crippen molar-refractivity contribution >= 4 is 29.7 Å². The van der Waals surface area contributed by atoms with Crippen molar-refractivity contribution in [3.63, 3.8) is 0 Å². The second kappa shape index (κ2) is 9.79. The van der Waals surface area contributed by atoms with E-state index in [-0.39, 0.29) is 24.7 Å². The van der Waals surface area contributed by atoms with Crippen LogP contribution < -0.4 is 14.8 Å². The van der Waals surface area contributed by atoms with E-state index in [4.69, 9.17) is 4.55 Å². The molecular weight excluding hydrogens is 436 g/mol. The number of carbonyl (C=O) groups is 1. The minimum Gasteiger partial charge on any atom is -0.362 e. The van der Waals surface area contributed by atoms with Gasteiger partial charge in [0.1, 0.15) is 11.5 Å². The molecule has 3 aliphatic carbocycles. The van der Waals surface area contributed by atoms with Crippen LogP contribution in [-0.2, 0) is 21.6 Å². The smallest absolute Gasteiger partial charge is 0.362 e. The van der Waals surface area contributed by atoms with Crippen LogP contribution in [0, 0.1) is 17.3 Å². The number of ketones is 1. The molecule has 1 heterocycles. The van der Waals surface area contributed by atoms with Gasteiger partial charge in [-0.3, -0.25) is 9.35 Å². The van der Waals surface area contributed by atoms with E-state index in [9.17, 15) is 13.2 Å². The fourth-order valence-electron chi connectivity index (χ4n) is 6.11. The van der Waals surface area contributed by atoms with Crippen molar-refractivity contribution in [3.8, 4) is 5.75 Å². The molecule has 3 N–H and O–H groups in total. The Labute approximate surface area is 192 Å². The van der Waals surface area contributed by atoms with Crippen molar-refractivity contribution in [2.45, 2.75) is 51.4 Å². The van der Waals surface area contributed by atoms with E-state index in [1.165, 1.54) is 5.56 Å². The van der Waals surface area contributed by atoms with Crippen molar-refractivity contribution < 1.29 is 21.9 Å². The molecule has 0 amide bonds. The van der Waals surface area contributed by atoms with Crippen LogP contribution in [0.15, 0.2) is 18.2 Å². The van der Waals surface area contributed by atoms with Crippen molar-refractivity contribution in [2.75, 3.05) is 26.2 Å². The van der Waals surface area contributed by atoms with Gasteiger partial charge in [-0.1, -0.05) is 13.0 Å². The fourth-order valence-corrected chi connectivity index (χ4v) is 6.45. The van der Waals surface area contributed by atoms with Gasteiger partial charge in [0.15, 0.2) is 0 Å². The first-order valence-electron chi connectivity index (χ1n) is 11.0. The number of nitrogens with one attached hydrogen (secondary N) is 2. The molecule has 0 radical (unpaired) electrons. The van der Waals surface area contributed by atoms with Crippen LogP contribution in [0.5, 0.6) is 5.75 Å². The van der Waals surface area contributed by atoms with E-state index in [1.807, 2.05) is 6.07 Å². The van der Waals surface area contributed by atoms with Gasteiger partial charge in [-0.05, 0) is 73.1 Å². The number of aryl methyl sites for hydroxylation is 1. The number of carbonyl (C=O) groups excluding carboxylic acids is 1. The molecule has 9 heteroatoms. The van der Waals surface area contributed by atoms with E-state index in [1.54, 1.807) is 12.1 Å². The lowest BCUT2D eigenvalue weighted by atomic mass is 9.55. The Hall–Kier alpha value is -1.13. The van der Waals surface area contributed by atoms with Crippen LogP contribution >= 0.6 is 13.5 Å². The van der Waals surface area contributed by atoms with Gasteiger partial charge in [0.25, 0.3) is 0 Å². The quantitative estimate of drug-likeness (QED) is 0.571. The number of piperazine rings is 1. The minimum absolute atomic E-state index is 0. The van der Waals surface area contributed by atoms with Crippen molar-refractivity contribution in [2.24, 2.45) is 17.3 Å². The van der Waals surface area contributed by atoms with Gasteiger partial charge in [0.05, 0.1) is 0 Å². The maximum absolute atomic E-state index is 12.3. The molecule has 174 valence electrons. The Kier molecular flexibility index (Phi) is 7.74. The number of hydrogen-bond acceptors (Lipinski definition) is 6. The molecule has 4 aliphatic rings. The third-order valence-corrected chi connectivity index (χ3v) is 7.97. The highest BCUT2D eigenvalue weighted by Gasteiger charge is 2.54. The summed E-state index contributed by atoms with van der Waals surface area (Å²) in [6.07, 6.45) is 5.57. The first-order chi connectivity index (χ1) is 14.3. The maximum Gasteiger partial charge on any atom is 0.446 e. The van der Waals surface area contributed by atoms with Gasteiger partial charge in [-0.15, -0.1) is 0 Å². The minimum atomic E-state index is -4.49. The highest BCUT2D eigenvalue weighted by Crippen LogP contribution is 2.59.